The van der Waals surface area contributed by atoms with Gasteiger partial charge in [0, 0.05) is 37.3 Å². The lowest BCUT2D eigenvalue weighted by molar-refractivity contribution is -0.113. The van der Waals surface area contributed by atoms with Gasteiger partial charge in [-0.25, -0.2) is 14.4 Å². The number of halogens is 3. The zero-order valence-corrected chi connectivity index (χ0v) is 23.5. The minimum absolute atomic E-state index is 0. The second-order valence-corrected chi connectivity index (χ2v) is 10.4. The van der Waals surface area contributed by atoms with Crippen molar-refractivity contribution >= 4 is 59.3 Å². The number of hydrogen-bond donors (Lipinski definition) is 3. The Morgan fingerprint density at radius 3 is 2.87 bits per heavy atom. The molecule has 0 bridgehead atoms. The number of pyridine rings is 3. The molecule has 0 aromatic carbocycles. The molecule has 5 heterocycles. The van der Waals surface area contributed by atoms with Crippen LogP contribution in [0.4, 0.5) is 10.2 Å². The van der Waals surface area contributed by atoms with Crippen LogP contribution in [0.15, 0.2) is 35.4 Å². The summed E-state index contributed by atoms with van der Waals surface area (Å²) in [6.07, 6.45) is 2.41. The highest BCUT2D eigenvalue weighted by atomic mass is 35.5. The Morgan fingerprint density at radius 1 is 1.29 bits per heavy atom. The van der Waals surface area contributed by atoms with E-state index in [-0.39, 0.29) is 36.8 Å². The number of carbonyl (C=O) groups excluding carboxylic acids is 1. The Hall–Kier alpha value is -2.28. The van der Waals surface area contributed by atoms with E-state index in [0.717, 1.165) is 23.6 Å². The van der Waals surface area contributed by atoms with Crippen molar-refractivity contribution in [3.63, 3.8) is 0 Å². The predicted molar refractivity (Wildman–Crippen MR) is 150 cm³/mol. The van der Waals surface area contributed by atoms with E-state index in [4.69, 9.17) is 4.74 Å². The third-order valence-electron chi connectivity index (χ3n) is 6.72. The SMILES string of the molecule is COc1ccc2ncc(F)c(CCN3CCC(NCc4ccc5c(n4)NC(=O)CS5)C(C)(O)C3)c2n1.Cl.Cl. The van der Waals surface area contributed by atoms with Crippen LogP contribution in [-0.4, -0.2) is 75.0 Å². The summed E-state index contributed by atoms with van der Waals surface area (Å²) in [5.41, 5.74) is 1.46. The second kappa shape index (κ2) is 12.7. The first-order valence-corrected chi connectivity index (χ1v) is 12.9. The van der Waals surface area contributed by atoms with Crippen molar-refractivity contribution in [2.24, 2.45) is 0 Å². The number of β-amino-alcohol motifs (C(OH)–C–C–N with tert-alkyl or cyclic N) is 1. The molecule has 1 saturated heterocycles. The molecule has 0 spiro atoms. The van der Waals surface area contributed by atoms with Crippen LogP contribution in [0.25, 0.3) is 11.0 Å². The van der Waals surface area contributed by atoms with E-state index in [0.29, 0.717) is 60.1 Å². The van der Waals surface area contributed by atoms with Gasteiger partial charge in [0.15, 0.2) is 0 Å². The van der Waals surface area contributed by atoms with Gasteiger partial charge in [-0.05, 0) is 44.5 Å². The Bertz CT molecular complexity index is 1300. The molecule has 206 valence electrons. The maximum absolute atomic E-state index is 14.7. The van der Waals surface area contributed by atoms with Crippen LogP contribution in [0.3, 0.4) is 0 Å². The minimum Gasteiger partial charge on any atom is -0.481 e. The fourth-order valence-electron chi connectivity index (χ4n) is 4.81. The summed E-state index contributed by atoms with van der Waals surface area (Å²) in [5, 5.41) is 17.5. The average Bonchev–Trinajstić information content (AvgIpc) is 2.86. The third-order valence-corrected chi connectivity index (χ3v) is 7.76. The van der Waals surface area contributed by atoms with Crippen LogP contribution in [0.5, 0.6) is 5.88 Å². The maximum Gasteiger partial charge on any atom is 0.235 e. The lowest BCUT2D eigenvalue weighted by Gasteiger charge is -2.43. The lowest BCUT2D eigenvalue weighted by Crippen LogP contribution is -2.60. The molecular weight excluding hydrogens is 554 g/mol. The zero-order valence-electron chi connectivity index (χ0n) is 21.1. The topological polar surface area (TPSA) is 112 Å². The summed E-state index contributed by atoms with van der Waals surface area (Å²) < 4.78 is 19.9. The molecule has 0 aliphatic carbocycles. The van der Waals surface area contributed by atoms with Gasteiger partial charge in [0.2, 0.25) is 11.8 Å². The van der Waals surface area contributed by atoms with Crippen molar-refractivity contribution in [2.45, 2.75) is 42.8 Å². The summed E-state index contributed by atoms with van der Waals surface area (Å²) in [6.45, 7) is 4.11. The molecule has 0 radical (unpaired) electrons. The number of thioether (sulfide) groups is 1. The number of likely N-dealkylation sites (tertiary alicyclic amines) is 1. The van der Waals surface area contributed by atoms with Gasteiger partial charge in [-0.3, -0.25) is 9.78 Å². The average molecular weight is 586 g/mol. The van der Waals surface area contributed by atoms with Gasteiger partial charge in [0.1, 0.15) is 11.6 Å². The van der Waals surface area contributed by atoms with Gasteiger partial charge in [0.25, 0.3) is 0 Å². The van der Waals surface area contributed by atoms with E-state index >= 15 is 0 Å². The first kappa shape index (κ1) is 30.3. The Kier molecular flexibility index (Phi) is 10.1. The number of aromatic nitrogens is 3. The van der Waals surface area contributed by atoms with Crippen LogP contribution in [0.1, 0.15) is 24.6 Å². The second-order valence-electron chi connectivity index (χ2n) is 9.40. The predicted octanol–water partition coefficient (Wildman–Crippen LogP) is 3.22. The van der Waals surface area contributed by atoms with E-state index in [1.54, 1.807) is 12.1 Å². The summed E-state index contributed by atoms with van der Waals surface area (Å²) in [4.78, 5) is 27.9. The number of methoxy groups -OCH3 is 1. The molecule has 2 aliphatic heterocycles. The van der Waals surface area contributed by atoms with Crippen molar-refractivity contribution in [3.8, 4) is 5.88 Å². The number of carbonyl (C=O) groups is 1. The minimum atomic E-state index is -0.975. The standard InChI is InChI=1S/C25H29FN6O3S.2ClH/c1-25(34)14-32(9-7-16-17(26)12-27-18-4-6-22(35-2)31-23(16)18)10-8-20(25)28-11-15-3-5-19-24(29-15)30-21(33)13-36-19;;/h3-6,12,20,28,34H,7-11,13-14H2,1-2H3,(H,29,30,33);2*1H. The number of piperidine rings is 1. The molecule has 2 atom stereocenters. The highest BCUT2D eigenvalue weighted by Gasteiger charge is 2.37. The van der Waals surface area contributed by atoms with Gasteiger partial charge < -0.3 is 25.4 Å². The molecule has 3 aromatic heterocycles. The number of hydrogen-bond acceptors (Lipinski definition) is 9. The molecule has 2 aliphatic rings. The van der Waals surface area contributed by atoms with E-state index in [1.807, 2.05) is 19.1 Å². The number of ether oxygens (including phenoxy) is 1. The number of aliphatic hydroxyl groups is 1. The summed E-state index contributed by atoms with van der Waals surface area (Å²) in [6, 6.07) is 7.27. The summed E-state index contributed by atoms with van der Waals surface area (Å²) in [5.74, 6) is 0.983. The molecule has 9 nitrogen and oxygen atoms in total. The number of nitrogens with one attached hydrogen (secondary N) is 2. The Morgan fingerprint density at radius 2 is 2.11 bits per heavy atom. The number of fused-ring (bicyclic) bond motifs is 2. The number of rotatable bonds is 7. The first-order valence-electron chi connectivity index (χ1n) is 11.9. The highest BCUT2D eigenvalue weighted by Crippen LogP contribution is 2.30. The van der Waals surface area contributed by atoms with Crippen LogP contribution in [0.2, 0.25) is 0 Å². The van der Waals surface area contributed by atoms with Crippen LogP contribution >= 0.6 is 36.6 Å². The molecular formula is C25H31Cl2FN6O3S. The van der Waals surface area contributed by atoms with Crippen LogP contribution in [-0.2, 0) is 17.8 Å². The van der Waals surface area contributed by atoms with Crippen molar-refractivity contribution in [1.29, 1.82) is 0 Å². The normalized spacial score (nSPS) is 21.2. The van der Waals surface area contributed by atoms with Gasteiger partial charge in [-0.2, -0.15) is 0 Å². The monoisotopic (exact) mass is 584 g/mol. The van der Waals surface area contributed by atoms with Gasteiger partial charge in [0.05, 0.1) is 46.3 Å². The van der Waals surface area contributed by atoms with Crippen molar-refractivity contribution in [2.75, 3.05) is 37.8 Å². The van der Waals surface area contributed by atoms with Crippen molar-refractivity contribution in [3.05, 3.63) is 47.5 Å². The van der Waals surface area contributed by atoms with Crippen LogP contribution < -0.4 is 15.4 Å². The van der Waals surface area contributed by atoms with E-state index in [2.05, 4.69) is 30.5 Å². The molecule has 3 N–H and O–H groups in total. The largest absolute Gasteiger partial charge is 0.481 e. The molecule has 1 fully saturated rings. The number of anilines is 1. The summed E-state index contributed by atoms with van der Waals surface area (Å²) in [7, 11) is 1.53. The Labute approximate surface area is 237 Å². The molecule has 3 aromatic rings. The van der Waals surface area contributed by atoms with Gasteiger partial charge in [-0.15, -0.1) is 36.6 Å². The van der Waals surface area contributed by atoms with Gasteiger partial charge in [-0.1, -0.05) is 0 Å². The molecule has 38 heavy (non-hydrogen) atoms. The fraction of sp³-hybridized carbons (Fsp3) is 0.440. The lowest BCUT2D eigenvalue weighted by atomic mass is 9.88. The molecule has 0 saturated carbocycles. The van der Waals surface area contributed by atoms with Gasteiger partial charge >= 0.3 is 0 Å². The van der Waals surface area contributed by atoms with E-state index in [1.165, 1.54) is 25.1 Å². The smallest absolute Gasteiger partial charge is 0.235 e. The highest BCUT2D eigenvalue weighted by molar-refractivity contribution is 8.00. The van der Waals surface area contributed by atoms with E-state index in [9.17, 15) is 14.3 Å². The number of amides is 1. The molecule has 2 unspecified atom stereocenters. The first-order chi connectivity index (χ1) is 17.3. The number of nitrogens with zero attached hydrogens (tertiary/aromatic N) is 4. The molecule has 1 amide bonds. The summed E-state index contributed by atoms with van der Waals surface area (Å²) >= 11 is 1.48. The fourth-order valence-corrected chi connectivity index (χ4v) is 5.56. The quantitative estimate of drug-likeness (QED) is 0.385. The molecule has 5 rings (SSSR count). The zero-order chi connectivity index (χ0) is 25.3. The van der Waals surface area contributed by atoms with Crippen molar-refractivity contribution in [1.82, 2.24) is 25.2 Å². The maximum atomic E-state index is 14.7. The Balaban J connectivity index is 0.00000200. The third kappa shape index (κ3) is 6.64. The van der Waals surface area contributed by atoms with Crippen molar-refractivity contribution < 1.29 is 19.0 Å². The van der Waals surface area contributed by atoms with Crippen LogP contribution in [0, 0.1) is 5.82 Å². The van der Waals surface area contributed by atoms with E-state index < -0.39 is 11.4 Å². The molecule has 13 heteroatoms.